The molecule has 5 nitrogen and oxygen atoms in total. The quantitative estimate of drug-likeness (QED) is 0.740. The van der Waals surface area contributed by atoms with E-state index < -0.39 is 0 Å². The van der Waals surface area contributed by atoms with E-state index >= 15 is 0 Å². The van der Waals surface area contributed by atoms with Crippen LogP contribution in [0.2, 0.25) is 0 Å². The van der Waals surface area contributed by atoms with Crippen molar-refractivity contribution in [3.63, 3.8) is 0 Å². The van der Waals surface area contributed by atoms with Gasteiger partial charge in [-0.25, -0.2) is 0 Å². The fourth-order valence-corrected chi connectivity index (χ4v) is 1.35. The highest BCUT2D eigenvalue weighted by Crippen LogP contribution is 2.00. The molecule has 0 unspecified atom stereocenters. The Labute approximate surface area is 93.8 Å². The maximum absolute atomic E-state index is 11.3. The van der Waals surface area contributed by atoms with Gasteiger partial charge in [0.15, 0.2) is 0 Å². The Kier molecular flexibility index (Phi) is 5.10. The first-order chi connectivity index (χ1) is 7.27. The molecule has 0 radical (unpaired) electrons. The van der Waals surface area contributed by atoms with Crippen LogP contribution in [-0.2, 0) is 17.2 Å². The average molecular weight is 231 g/mol. The van der Waals surface area contributed by atoms with Gasteiger partial charge in [0, 0.05) is 19.5 Å². The van der Waals surface area contributed by atoms with Crippen molar-refractivity contribution in [1.29, 1.82) is 0 Å². The van der Waals surface area contributed by atoms with E-state index in [1.54, 1.807) is 10.9 Å². The molecule has 0 fully saturated rings. The summed E-state index contributed by atoms with van der Waals surface area (Å²) in [6.07, 6.45) is 2.97. The Morgan fingerprint density at radius 3 is 3.13 bits per heavy atom. The minimum atomic E-state index is 0.0473. The minimum Gasteiger partial charge on any atom is -0.356 e. The predicted molar refractivity (Wildman–Crippen MR) is 57.5 cm³/mol. The molecule has 1 aromatic heterocycles. The highest BCUT2D eigenvalue weighted by molar-refractivity contribution is 6.16. The molecule has 0 saturated carbocycles. The second-order valence-corrected chi connectivity index (χ2v) is 3.44. The molecule has 84 valence electrons. The van der Waals surface area contributed by atoms with E-state index in [4.69, 9.17) is 11.6 Å². The summed E-state index contributed by atoms with van der Waals surface area (Å²) in [5.74, 6) is 1.06. The third kappa shape index (κ3) is 3.87. The van der Waals surface area contributed by atoms with Crippen LogP contribution in [0, 0.1) is 0 Å². The first-order valence-corrected chi connectivity index (χ1v) is 5.50. The van der Waals surface area contributed by atoms with Gasteiger partial charge < -0.3 is 9.88 Å². The second kappa shape index (κ2) is 6.40. The molecule has 0 spiro atoms. The zero-order valence-corrected chi connectivity index (χ0v) is 9.50. The predicted octanol–water partition coefficient (Wildman–Crippen LogP) is 0.933. The number of rotatable bonds is 6. The van der Waals surface area contributed by atoms with Crippen molar-refractivity contribution in [2.24, 2.45) is 0 Å². The van der Waals surface area contributed by atoms with Crippen LogP contribution >= 0.6 is 11.6 Å². The highest BCUT2D eigenvalue weighted by atomic mass is 35.5. The van der Waals surface area contributed by atoms with E-state index in [9.17, 15) is 4.79 Å². The SMILES string of the molecule is CCCNC(=O)CCn1cnnc1CCl. The fraction of sp³-hybridized carbons (Fsp3) is 0.667. The summed E-state index contributed by atoms with van der Waals surface area (Å²) in [6, 6.07) is 0. The smallest absolute Gasteiger partial charge is 0.221 e. The first-order valence-electron chi connectivity index (χ1n) is 4.97. The summed E-state index contributed by atoms with van der Waals surface area (Å²) >= 11 is 5.65. The molecular formula is C9H15ClN4O. The van der Waals surface area contributed by atoms with Crippen molar-refractivity contribution in [3.05, 3.63) is 12.2 Å². The number of amides is 1. The summed E-state index contributed by atoms with van der Waals surface area (Å²) < 4.78 is 1.79. The van der Waals surface area contributed by atoms with E-state index in [0.717, 1.165) is 13.0 Å². The molecule has 1 rings (SSSR count). The number of aromatic nitrogens is 3. The van der Waals surface area contributed by atoms with Crippen LogP contribution in [0.15, 0.2) is 6.33 Å². The van der Waals surface area contributed by atoms with E-state index in [1.807, 2.05) is 6.92 Å². The van der Waals surface area contributed by atoms with Gasteiger partial charge in [0.25, 0.3) is 0 Å². The number of alkyl halides is 1. The first kappa shape index (κ1) is 12.0. The zero-order valence-electron chi connectivity index (χ0n) is 8.74. The van der Waals surface area contributed by atoms with Crippen LogP contribution < -0.4 is 5.32 Å². The van der Waals surface area contributed by atoms with Crippen molar-refractivity contribution in [3.8, 4) is 0 Å². The number of nitrogens with one attached hydrogen (secondary N) is 1. The normalized spacial score (nSPS) is 10.3. The topological polar surface area (TPSA) is 59.8 Å². The maximum Gasteiger partial charge on any atom is 0.221 e. The molecule has 1 aromatic rings. The van der Waals surface area contributed by atoms with Crippen LogP contribution in [0.1, 0.15) is 25.6 Å². The number of hydrogen-bond donors (Lipinski definition) is 1. The Morgan fingerprint density at radius 1 is 1.67 bits per heavy atom. The Bertz CT molecular complexity index is 313. The molecule has 0 saturated heterocycles. The summed E-state index contributed by atoms with van der Waals surface area (Å²) in [5, 5.41) is 10.4. The number of halogens is 1. The lowest BCUT2D eigenvalue weighted by molar-refractivity contribution is -0.121. The largest absolute Gasteiger partial charge is 0.356 e. The van der Waals surface area contributed by atoms with Crippen LogP contribution in [0.5, 0.6) is 0 Å². The second-order valence-electron chi connectivity index (χ2n) is 3.17. The number of nitrogens with zero attached hydrogens (tertiary/aromatic N) is 3. The van der Waals surface area contributed by atoms with Gasteiger partial charge in [-0.15, -0.1) is 21.8 Å². The van der Waals surface area contributed by atoms with Gasteiger partial charge in [-0.05, 0) is 6.42 Å². The lowest BCUT2D eigenvalue weighted by Gasteiger charge is -2.05. The van der Waals surface area contributed by atoms with E-state index in [2.05, 4.69) is 15.5 Å². The molecule has 6 heteroatoms. The number of aryl methyl sites for hydroxylation is 1. The van der Waals surface area contributed by atoms with Crippen molar-refractivity contribution in [2.45, 2.75) is 32.2 Å². The van der Waals surface area contributed by atoms with Gasteiger partial charge >= 0.3 is 0 Å². The molecule has 0 aliphatic rings. The van der Waals surface area contributed by atoms with Gasteiger partial charge in [-0.1, -0.05) is 6.92 Å². The van der Waals surface area contributed by atoms with Crippen LogP contribution in [0.3, 0.4) is 0 Å². The average Bonchev–Trinajstić information content (AvgIpc) is 2.70. The van der Waals surface area contributed by atoms with Gasteiger partial charge in [-0.2, -0.15) is 0 Å². The molecule has 15 heavy (non-hydrogen) atoms. The Balaban J connectivity index is 2.33. The molecule has 0 aliphatic heterocycles. The summed E-state index contributed by atoms with van der Waals surface area (Å²) in [4.78, 5) is 11.3. The summed E-state index contributed by atoms with van der Waals surface area (Å²) in [6.45, 7) is 3.32. The molecule has 0 bridgehead atoms. The molecule has 1 heterocycles. The van der Waals surface area contributed by atoms with Gasteiger partial charge in [0.05, 0.1) is 5.88 Å². The third-order valence-corrected chi connectivity index (χ3v) is 2.21. The Hall–Kier alpha value is -1.10. The summed E-state index contributed by atoms with van der Waals surface area (Å²) in [7, 11) is 0. The zero-order chi connectivity index (χ0) is 11.1. The maximum atomic E-state index is 11.3. The van der Waals surface area contributed by atoms with E-state index in [1.165, 1.54) is 0 Å². The standard InChI is InChI=1S/C9H15ClN4O/c1-2-4-11-9(15)3-5-14-7-12-13-8(14)6-10/h7H,2-6H2,1H3,(H,11,15). The van der Waals surface area contributed by atoms with Crippen molar-refractivity contribution in [1.82, 2.24) is 20.1 Å². The minimum absolute atomic E-state index is 0.0473. The molecule has 0 atom stereocenters. The van der Waals surface area contributed by atoms with Crippen molar-refractivity contribution < 1.29 is 4.79 Å². The highest BCUT2D eigenvalue weighted by Gasteiger charge is 2.05. The van der Waals surface area contributed by atoms with Gasteiger partial charge in [0.2, 0.25) is 5.91 Å². The molecular weight excluding hydrogens is 216 g/mol. The fourth-order valence-electron chi connectivity index (χ4n) is 1.14. The number of carbonyl (C=O) groups is 1. The lowest BCUT2D eigenvalue weighted by atomic mass is 10.3. The molecule has 0 aromatic carbocycles. The Morgan fingerprint density at radius 2 is 2.47 bits per heavy atom. The monoisotopic (exact) mass is 230 g/mol. The van der Waals surface area contributed by atoms with Crippen molar-refractivity contribution >= 4 is 17.5 Å². The number of carbonyl (C=O) groups excluding carboxylic acids is 1. The third-order valence-electron chi connectivity index (χ3n) is 1.97. The van der Waals surface area contributed by atoms with E-state index in [-0.39, 0.29) is 5.91 Å². The van der Waals surface area contributed by atoms with E-state index in [0.29, 0.717) is 24.7 Å². The van der Waals surface area contributed by atoms with Gasteiger partial charge in [-0.3, -0.25) is 4.79 Å². The number of hydrogen-bond acceptors (Lipinski definition) is 3. The molecule has 0 aliphatic carbocycles. The van der Waals surface area contributed by atoms with Crippen molar-refractivity contribution in [2.75, 3.05) is 6.54 Å². The van der Waals surface area contributed by atoms with Crippen LogP contribution in [0.4, 0.5) is 0 Å². The molecule has 1 amide bonds. The summed E-state index contributed by atoms with van der Waals surface area (Å²) in [5.41, 5.74) is 0. The van der Waals surface area contributed by atoms with Crippen LogP contribution in [0.25, 0.3) is 0 Å². The molecule has 1 N–H and O–H groups in total. The lowest BCUT2D eigenvalue weighted by Crippen LogP contribution is -2.25. The van der Waals surface area contributed by atoms with Crippen LogP contribution in [-0.4, -0.2) is 27.2 Å². The van der Waals surface area contributed by atoms with Gasteiger partial charge in [0.1, 0.15) is 12.2 Å².